The van der Waals surface area contributed by atoms with E-state index in [0.717, 1.165) is 59.4 Å². The quantitative estimate of drug-likeness (QED) is 0.392. The van der Waals surface area contributed by atoms with Crippen LogP contribution in [0.5, 0.6) is 0 Å². The van der Waals surface area contributed by atoms with E-state index in [1.165, 1.54) is 0 Å². The van der Waals surface area contributed by atoms with E-state index in [0.29, 0.717) is 5.95 Å². The first-order chi connectivity index (χ1) is 15.1. The Hall–Kier alpha value is -3.69. The second-order valence-electron chi connectivity index (χ2n) is 7.91. The number of anilines is 2. The number of hydrogen-bond donors (Lipinski definition) is 4. The summed E-state index contributed by atoms with van der Waals surface area (Å²) in [5.74, 6) is 1.36. The van der Waals surface area contributed by atoms with Crippen molar-refractivity contribution in [3.05, 3.63) is 30.7 Å². The Kier molecular flexibility index (Phi) is 4.89. The van der Waals surface area contributed by atoms with Crippen LogP contribution in [-0.4, -0.2) is 54.6 Å². The van der Waals surface area contributed by atoms with Crippen molar-refractivity contribution in [3.8, 4) is 11.3 Å². The zero-order valence-electron chi connectivity index (χ0n) is 17.5. The van der Waals surface area contributed by atoms with Gasteiger partial charge in [0.25, 0.3) is 0 Å². The fraction of sp³-hybridized carbons (Fsp3) is 0.381. The van der Waals surface area contributed by atoms with Gasteiger partial charge in [-0.25, -0.2) is 9.50 Å². The lowest BCUT2D eigenvalue weighted by Crippen LogP contribution is -2.39. The molecule has 0 saturated heterocycles. The van der Waals surface area contributed by atoms with Crippen molar-refractivity contribution in [2.75, 3.05) is 17.7 Å². The van der Waals surface area contributed by atoms with Crippen molar-refractivity contribution in [1.29, 1.82) is 0 Å². The van der Waals surface area contributed by atoms with Crippen LogP contribution < -0.4 is 16.0 Å². The summed E-state index contributed by atoms with van der Waals surface area (Å²) >= 11 is 0. The number of carbonyl (C=O) groups is 1. The number of imidazole rings is 1. The molecule has 0 unspecified atom stereocenters. The Bertz CT molecular complexity index is 1240. The molecule has 1 amide bonds. The lowest BCUT2D eigenvalue weighted by atomic mass is 9.91. The molecule has 1 fully saturated rings. The third-order valence-electron chi connectivity index (χ3n) is 5.77. The van der Waals surface area contributed by atoms with Gasteiger partial charge in [0, 0.05) is 50.2 Å². The largest absolute Gasteiger partial charge is 0.372 e. The Morgan fingerprint density at radius 2 is 1.97 bits per heavy atom. The van der Waals surface area contributed by atoms with Crippen LogP contribution >= 0.6 is 0 Å². The third-order valence-corrected chi connectivity index (χ3v) is 5.77. The van der Waals surface area contributed by atoms with Crippen molar-refractivity contribution < 1.29 is 4.79 Å². The van der Waals surface area contributed by atoms with Gasteiger partial charge in [0.05, 0.1) is 11.1 Å². The van der Waals surface area contributed by atoms with Crippen molar-refractivity contribution in [3.63, 3.8) is 0 Å². The molecule has 4 aromatic rings. The number of nitrogens with one attached hydrogen (secondary N) is 4. The monoisotopic (exact) mass is 419 g/mol. The fourth-order valence-electron chi connectivity index (χ4n) is 4.29. The first-order valence-electron chi connectivity index (χ1n) is 10.5. The van der Waals surface area contributed by atoms with Gasteiger partial charge in [0.15, 0.2) is 5.65 Å². The normalized spacial score (nSPS) is 18.9. The minimum Gasteiger partial charge on any atom is -0.372 e. The van der Waals surface area contributed by atoms with Crippen LogP contribution in [0.15, 0.2) is 30.7 Å². The highest BCUT2D eigenvalue weighted by Crippen LogP contribution is 2.32. The van der Waals surface area contributed by atoms with E-state index in [2.05, 4.69) is 31.0 Å². The Labute approximate surface area is 178 Å². The SMILES string of the molecule is CNc1nc(N[C@H]2CC[C@H](NC(C)=O)CC2)nc2[nH]cc(-c3ccc4nccn4n3)c12. The molecule has 1 aliphatic carbocycles. The Morgan fingerprint density at radius 3 is 2.74 bits per heavy atom. The summed E-state index contributed by atoms with van der Waals surface area (Å²) in [4.78, 5) is 28.2. The Balaban J connectivity index is 1.40. The lowest BCUT2D eigenvalue weighted by molar-refractivity contribution is -0.119. The summed E-state index contributed by atoms with van der Waals surface area (Å²) in [6.45, 7) is 1.57. The smallest absolute Gasteiger partial charge is 0.226 e. The molecule has 160 valence electrons. The molecular formula is C21H25N9O. The molecule has 1 saturated carbocycles. The molecule has 0 aliphatic heterocycles. The van der Waals surface area contributed by atoms with E-state index >= 15 is 0 Å². The average molecular weight is 419 g/mol. The molecule has 0 spiro atoms. The van der Waals surface area contributed by atoms with Crippen LogP contribution in [0.2, 0.25) is 0 Å². The molecule has 0 bridgehead atoms. The van der Waals surface area contributed by atoms with E-state index in [1.54, 1.807) is 17.6 Å². The second-order valence-corrected chi connectivity index (χ2v) is 7.91. The molecule has 4 N–H and O–H groups in total. The molecule has 4 aromatic heterocycles. The highest BCUT2D eigenvalue weighted by atomic mass is 16.1. The molecule has 0 aromatic carbocycles. The summed E-state index contributed by atoms with van der Waals surface area (Å²) in [7, 11) is 1.85. The van der Waals surface area contributed by atoms with Crippen LogP contribution in [0.1, 0.15) is 32.6 Å². The number of amides is 1. The molecule has 10 heteroatoms. The van der Waals surface area contributed by atoms with Gasteiger partial charge in [0.1, 0.15) is 11.5 Å². The predicted octanol–water partition coefficient (Wildman–Crippen LogP) is 2.57. The zero-order valence-corrected chi connectivity index (χ0v) is 17.5. The average Bonchev–Trinajstić information content (AvgIpc) is 3.40. The van der Waals surface area contributed by atoms with E-state index in [1.807, 2.05) is 31.6 Å². The van der Waals surface area contributed by atoms with Crippen LogP contribution in [0, 0.1) is 0 Å². The maximum atomic E-state index is 11.3. The van der Waals surface area contributed by atoms with Crippen molar-refractivity contribution in [2.24, 2.45) is 0 Å². The molecule has 5 rings (SSSR count). The van der Waals surface area contributed by atoms with Gasteiger partial charge in [-0.1, -0.05) is 0 Å². The molecule has 4 heterocycles. The minimum absolute atomic E-state index is 0.0353. The third kappa shape index (κ3) is 3.76. The predicted molar refractivity (Wildman–Crippen MR) is 119 cm³/mol. The number of hydrogen-bond acceptors (Lipinski definition) is 7. The maximum Gasteiger partial charge on any atom is 0.226 e. The van der Waals surface area contributed by atoms with E-state index in [9.17, 15) is 4.79 Å². The number of rotatable bonds is 5. The zero-order chi connectivity index (χ0) is 21.4. The number of carbonyl (C=O) groups excluding carboxylic acids is 1. The van der Waals surface area contributed by atoms with Crippen molar-refractivity contribution >= 4 is 34.4 Å². The number of nitrogens with zero attached hydrogens (tertiary/aromatic N) is 5. The van der Waals surface area contributed by atoms with Crippen LogP contribution in [-0.2, 0) is 4.79 Å². The standard InChI is InChI=1S/C21H25N9O/c1-12(31)25-13-3-5-14(6-4-13)26-21-27-19(22-2)18-15(11-24-20(18)28-21)16-7-8-17-23-9-10-30(17)29-16/h7-11,13-14H,3-6H2,1-2H3,(H,25,31)(H3,22,24,26,27,28)/t13-,14-. The van der Waals surface area contributed by atoms with Gasteiger partial charge >= 0.3 is 0 Å². The fourth-order valence-corrected chi connectivity index (χ4v) is 4.29. The first-order valence-corrected chi connectivity index (χ1v) is 10.5. The van der Waals surface area contributed by atoms with Gasteiger partial charge in [-0.15, -0.1) is 0 Å². The first kappa shape index (κ1) is 19.3. The van der Waals surface area contributed by atoms with Crippen molar-refractivity contribution in [1.82, 2.24) is 34.9 Å². The summed E-state index contributed by atoms with van der Waals surface area (Å²) in [5, 5.41) is 15.2. The minimum atomic E-state index is 0.0353. The molecular weight excluding hydrogens is 394 g/mol. The van der Waals surface area contributed by atoms with Gasteiger partial charge < -0.3 is 20.9 Å². The number of H-pyrrole nitrogens is 1. The lowest BCUT2D eigenvalue weighted by Gasteiger charge is -2.29. The molecule has 31 heavy (non-hydrogen) atoms. The number of aromatic amines is 1. The highest BCUT2D eigenvalue weighted by molar-refractivity contribution is 6.00. The summed E-state index contributed by atoms with van der Waals surface area (Å²) < 4.78 is 1.75. The topological polar surface area (TPSA) is 125 Å². The van der Waals surface area contributed by atoms with Gasteiger partial charge in [-0.2, -0.15) is 15.1 Å². The molecule has 10 nitrogen and oxygen atoms in total. The number of aromatic nitrogens is 6. The summed E-state index contributed by atoms with van der Waals surface area (Å²) in [6.07, 6.45) is 9.30. The highest BCUT2D eigenvalue weighted by Gasteiger charge is 2.23. The Morgan fingerprint density at radius 1 is 1.16 bits per heavy atom. The van der Waals surface area contributed by atoms with Crippen LogP contribution in [0.3, 0.4) is 0 Å². The summed E-state index contributed by atoms with van der Waals surface area (Å²) in [6, 6.07) is 4.43. The van der Waals surface area contributed by atoms with E-state index in [4.69, 9.17) is 9.97 Å². The molecule has 1 aliphatic rings. The summed E-state index contributed by atoms with van der Waals surface area (Å²) in [5.41, 5.74) is 3.29. The van der Waals surface area contributed by atoms with E-state index in [-0.39, 0.29) is 18.0 Å². The van der Waals surface area contributed by atoms with Crippen LogP contribution in [0.4, 0.5) is 11.8 Å². The number of fused-ring (bicyclic) bond motifs is 2. The molecule has 0 atom stereocenters. The van der Waals surface area contributed by atoms with Crippen molar-refractivity contribution in [2.45, 2.75) is 44.7 Å². The second kappa shape index (κ2) is 7.86. The van der Waals surface area contributed by atoms with E-state index < -0.39 is 0 Å². The van der Waals surface area contributed by atoms with Crippen LogP contribution in [0.25, 0.3) is 27.9 Å². The van der Waals surface area contributed by atoms with Gasteiger partial charge in [0.2, 0.25) is 11.9 Å². The molecule has 0 radical (unpaired) electrons. The maximum absolute atomic E-state index is 11.3. The van der Waals surface area contributed by atoms with Gasteiger partial charge in [-0.05, 0) is 37.8 Å². The van der Waals surface area contributed by atoms with Gasteiger partial charge in [-0.3, -0.25) is 4.79 Å².